The van der Waals surface area contributed by atoms with Gasteiger partial charge in [-0.05, 0) is 55.3 Å². The van der Waals surface area contributed by atoms with Gasteiger partial charge in [0.15, 0.2) is 5.65 Å². The molecule has 0 spiro atoms. The number of amides is 2. The molecule has 2 amide bonds. The topological polar surface area (TPSA) is 124 Å². The minimum Gasteiger partial charge on any atom is -0.383 e. The first-order chi connectivity index (χ1) is 23.8. The maximum Gasteiger partial charge on any atom is 0.319 e. The van der Waals surface area contributed by atoms with Gasteiger partial charge < -0.3 is 26.2 Å². The van der Waals surface area contributed by atoms with E-state index in [1.54, 1.807) is 0 Å². The Hall–Kier alpha value is -5.04. The Labute approximate surface area is 287 Å². The minimum absolute atomic E-state index is 0.220. The molecule has 3 aromatic carbocycles. The molecular formula is C37H45N11O. The Morgan fingerprint density at radius 2 is 1.49 bits per heavy atom. The first-order valence-corrected chi connectivity index (χ1v) is 17.0. The number of nitrogen functional groups attached to an aromatic ring is 1. The summed E-state index contributed by atoms with van der Waals surface area (Å²) in [5, 5.41) is 17.1. The van der Waals surface area contributed by atoms with Crippen LogP contribution < -0.4 is 21.3 Å². The monoisotopic (exact) mass is 659 g/mol. The summed E-state index contributed by atoms with van der Waals surface area (Å²) < 4.78 is 2.07. The molecule has 4 heterocycles. The highest BCUT2D eigenvalue weighted by Crippen LogP contribution is 2.35. The lowest BCUT2D eigenvalue weighted by atomic mass is 9.97. The van der Waals surface area contributed by atoms with Gasteiger partial charge in [0, 0.05) is 70.3 Å². The molecule has 0 aliphatic carbocycles. The summed E-state index contributed by atoms with van der Waals surface area (Å²) in [7, 11) is 6.16. The predicted molar refractivity (Wildman–Crippen MR) is 195 cm³/mol. The number of likely N-dealkylation sites (N-methyl/N-ethyl adjacent to an activating group) is 1. The zero-order chi connectivity index (χ0) is 33.9. The molecule has 2 aliphatic heterocycles. The average Bonchev–Trinajstić information content (AvgIpc) is 3.53. The van der Waals surface area contributed by atoms with Crippen molar-refractivity contribution in [3.8, 4) is 11.3 Å². The summed E-state index contributed by atoms with van der Waals surface area (Å²) in [6.45, 7) is 6.33. The molecule has 7 rings (SSSR count). The number of hydrazine groups is 1. The SMILES string of the molecule is CN1CCN(N2CCC(n3nc(-c4ccc(C(NC(=O)Nc5ccc(N(C)C)cc5)c5ccccc5)cc4)c4c(N)ncnc43)CC2)CC1. The number of hydrogen-bond donors (Lipinski definition) is 3. The molecule has 5 aromatic rings. The van der Waals surface area contributed by atoms with Crippen molar-refractivity contribution < 1.29 is 4.79 Å². The van der Waals surface area contributed by atoms with Crippen molar-refractivity contribution in [2.45, 2.75) is 24.9 Å². The first-order valence-electron chi connectivity index (χ1n) is 17.0. The van der Waals surface area contributed by atoms with Crippen molar-refractivity contribution in [3.05, 3.63) is 96.3 Å². The molecule has 0 bridgehead atoms. The lowest BCUT2D eigenvalue weighted by molar-refractivity contribution is -0.0717. The van der Waals surface area contributed by atoms with Crippen LogP contribution in [0.15, 0.2) is 85.2 Å². The van der Waals surface area contributed by atoms with Crippen molar-refractivity contribution in [3.63, 3.8) is 0 Å². The molecule has 254 valence electrons. The number of benzene rings is 3. The van der Waals surface area contributed by atoms with Crippen molar-refractivity contribution >= 4 is 34.3 Å². The third kappa shape index (κ3) is 7.07. The Balaban J connectivity index is 1.12. The Kier molecular flexibility index (Phi) is 9.43. The molecule has 0 saturated carbocycles. The summed E-state index contributed by atoms with van der Waals surface area (Å²) in [6, 6.07) is 25.4. The van der Waals surface area contributed by atoms with Crippen LogP contribution in [0.2, 0.25) is 0 Å². The van der Waals surface area contributed by atoms with Gasteiger partial charge in [-0.25, -0.2) is 29.5 Å². The van der Waals surface area contributed by atoms with Gasteiger partial charge in [0.05, 0.1) is 17.5 Å². The largest absolute Gasteiger partial charge is 0.383 e. The first kappa shape index (κ1) is 32.5. The summed E-state index contributed by atoms with van der Waals surface area (Å²) >= 11 is 0. The molecule has 2 aromatic heterocycles. The number of piperazine rings is 1. The quantitative estimate of drug-likeness (QED) is 0.215. The molecule has 1 unspecified atom stereocenters. The van der Waals surface area contributed by atoms with E-state index in [9.17, 15) is 4.79 Å². The summed E-state index contributed by atoms with van der Waals surface area (Å²) in [5.41, 5.74) is 12.6. The van der Waals surface area contributed by atoms with E-state index in [1.807, 2.05) is 97.9 Å². The van der Waals surface area contributed by atoms with E-state index in [1.165, 1.54) is 6.33 Å². The number of hydrogen-bond acceptors (Lipinski definition) is 9. The number of carbonyl (C=O) groups excluding carboxylic acids is 1. The van der Waals surface area contributed by atoms with Gasteiger partial charge >= 0.3 is 6.03 Å². The normalized spacial score (nSPS) is 17.2. The standard InChI is InChI=1S/C37H45N11O/c1-44(2)30-15-13-29(14-16-30)41-37(49)42-33(26-7-5-4-6-8-26)27-9-11-28(12-10-27)34-32-35(38)39-25-40-36(32)48(43-34)31-17-19-46(20-18-31)47-23-21-45(3)22-24-47/h4-16,25,31,33H,17-24H2,1-3H3,(H2,38,39,40)(H2,41,42,49). The molecular weight excluding hydrogens is 614 g/mol. The second-order valence-electron chi connectivity index (χ2n) is 13.2. The number of piperidine rings is 1. The number of urea groups is 1. The number of aromatic nitrogens is 4. The van der Waals surface area contributed by atoms with Crippen LogP contribution in [0.3, 0.4) is 0 Å². The fourth-order valence-electron chi connectivity index (χ4n) is 6.89. The van der Waals surface area contributed by atoms with E-state index >= 15 is 0 Å². The highest BCUT2D eigenvalue weighted by molar-refractivity contribution is 5.98. The van der Waals surface area contributed by atoms with Gasteiger partial charge in [0.25, 0.3) is 0 Å². The fourth-order valence-corrected chi connectivity index (χ4v) is 6.89. The lowest BCUT2D eigenvalue weighted by Crippen LogP contribution is -2.54. The predicted octanol–water partition coefficient (Wildman–Crippen LogP) is 4.85. The van der Waals surface area contributed by atoms with Crippen LogP contribution in [-0.2, 0) is 0 Å². The van der Waals surface area contributed by atoms with Gasteiger partial charge in [-0.15, -0.1) is 0 Å². The highest BCUT2D eigenvalue weighted by Gasteiger charge is 2.29. The molecule has 4 N–H and O–H groups in total. The molecule has 12 heteroatoms. The Bertz CT molecular complexity index is 1860. The van der Waals surface area contributed by atoms with Crippen molar-refractivity contribution in [1.29, 1.82) is 0 Å². The lowest BCUT2D eigenvalue weighted by Gasteiger charge is -2.43. The summed E-state index contributed by atoms with van der Waals surface area (Å²) in [4.78, 5) is 26.7. The van der Waals surface area contributed by atoms with E-state index < -0.39 is 0 Å². The molecule has 2 saturated heterocycles. The third-order valence-electron chi connectivity index (χ3n) is 9.75. The molecule has 2 fully saturated rings. The average molecular weight is 660 g/mol. The van der Waals surface area contributed by atoms with Crippen LogP contribution >= 0.6 is 0 Å². The van der Waals surface area contributed by atoms with Gasteiger partial charge in [-0.1, -0.05) is 54.6 Å². The maximum atomic E-state index is 13.3. The minimum atomic E-state index is -0.371. The van der Waals surface area contributed by atoms with Crippen LogP contribution in [0.1, 0.15) is 36.1 Å². The van der Waals surface area contributed by atoms with Gasteiger partial charge in [0.1, 0.15) is 17.8 Å². The number of rotatable bonds is 8. The van der Waals surface area contributed by atoms with Crippen LogP contribution in [0, 0.1) is 0 Å². The van der Waals surface area contributed by atoms with E-state index in [2.05, 4.69) is 47.2 Å². The maximum absolute atomic E-state index is 13.3. The Morgan fingerprint density at radius 3 is 2.16 bits per heavy atom. The summed E-state index contributed by atoms with van der Waals surface area (Å²) in [6.07, 6.45) is 3.50. The van der Waals surface area contributed by atoms with E-state index in [0.29, 0.717) is 5.82 Å². The van der Waals surface area contributed by atoms with E-state index in [4.69, 9.17) is 10.8 Å². The number of fused-ring (bicyclic) bond motifs is 1. The number of anilines is 3. The number of nitrogens with one attached hydrogen (secondary N) is 2. The fraction of sp³-hybridized carbons (Fsp3) is 0.351. The number of carbonyl (C=O) groups is 1. The van der Waals surface area contributed by atoms with Gasteiger partial charge in [0.2, 0.25) is 0 Å². The second kappa shape index (κ2) is 14.2. The molecule has 1 atom stereocenters. The van der Waals surface area contributed by atoms with Crippen LogP contribution in [0.4, 0.5) is 22.0 Å². The summed E-state index contributed by atoms with van der Waals surface area (Å²) in [5.74, 6) is 0.421. The second-order valence-corrected chi connectivity index (χ2v) is 13.2. The molecule has 49 heavy (non-hydrogen) atoms. The smallest absolute Gasteiger partial charge is 0.319 e. The van der Waals surface area contributed by atoms with E-state index in [-0.39, 0.29) is 18.1 Å². The number of nitrogens with two attached hydrogens (primary N) is 1. The molecule has 0 radical (unpaired) electrons. The zero-order valence-corrected chi connectivity index (χ0v) is 28.5. The van der Waals surface area contributed by atoms with Crippen molar-refractivity contribution in [1.82, 2.24) is 40.0 Å². The third-order valence-corrected chi connectivity index (χ3v) is 9.75. The highest BCUT2D eigenvalue weighted by atomic mass is 16.2. The van der Waals surface area contributed by atoms with Crippen LogP contribution in [0.5, 0.6) is 0 Å². The molecule has 2 aliphatic rings. The van der Waals surface area contributed by atoms with Crippen molar-refractivity contribution in [2.24, 2.45) is 0 Å². The van der Waals surface area contributed by atoms with Crippen LogP contribution in [-0.4, -0.2) is 101 Å². The van der Waals surface area contributed by atoms with Crippen molar-refractivity contribution in [2.75, 3.05) is 76.4 Å². The van der Waals surface area contributed by atoms with E-state index in [0.717, 1.165) is 96.9 Å². The van der Waals surface area contributed by atoms with Gasteiger partial charge in [-0.2, -0.15) is 5.10 Å². The van der Waals surface area contributed by atoms with Gasteiger partial charge in [-0.3, -0.25) is 0 Å². The molecule has 12 nitrogen and oxygen atoms in total. The number of nitrogens with zero attached hydrogens (tertiary/aromatic N) is 8. The Morgan fingerprint density at radius 1 is 0.837 bits per heavy atom. The van der Waals surface area contributed by atoms with Crippen LogP contribution in [0.25, 0.3) is 22.3 Å². The zero-order valence-electron chi connectivity index (χ0n) is 28.5.